The molecule has 0 saturated heterocycles. The van der Waals surface area contributed by atoms with Gasteiger partial charge in [-0.1, -0.05) is 11.6 Å². The molecule has 2 heterocycles. The molecule has 2 N–H and O–H groups in total. The van der Waals surface area contributed by atoms with Crippen LogP contribution in [0.25, 0.3) is 0 Å². The van der Waals surface area contributed by atoms with E-state index >= 15 is 0 Å². The second-order valence-corrected chi connectivity index (χ2v) is 8.41. The molecule has 2 aromatic rings. The van der Waals surface area contributed by atoms with Crippen molar-refractivity contribution in [1.82, 2.24) is 9.97 Å². The van der Waals surface area contributed by atoms with E-state index in [0.717, 1.165) is 37.7 Å². The van der Waals surface area contributed by atoms with Gasteiger partial charge in [0, 0.05) is 30.7 Å². The van der Waals surface area contributed by atoms with E-state index in [-0.39, 0.29) is 23.6 Å². The summed E-state index contributed by atoms with van der Waals surface area (Å²) in [7, 11) is 1.54. The van der Waals surface area contributed by atoms with Crippen LogP contribution in [-0.2, 0) is 4.79 Å². The third kappa shape index (κ3) is 5.40. The zero-order valence-electron chi connectivity index (χ0n) is 17.7. The number of halogens is 1. The van der Waals surface area contributed by atoms with Crippen LogP contribution in [0.5, 0.6) is 11.8 Å². The van der Waals surface area contributed by atoms with Gasteiger partial charge in [-0.3, -0.25) is 4.79 Å². The van der Waals surface area contributed by atoms with E-state index in [1.165, 1.54) is 11.8 Å². The number of amides is 1. The molecule has 4 rings (SSSR count). The lowest BCUT2D eigenvalue weighted by Gasteiger charge is -2.29. The minimum Gasteiger partial charge on any atom is -0.481 e. The topological polar surface area (TPSA) is 87.3 Å². The molecule has 6 nitrogen and oxygen atoms in total. The Labute approximate surface area is 181 Å². The summed E-state index contributed by atoms with van der Waals surface area (Å²) >= 11 is 0. The summed E-state index contributed by atoms with van der Waals surface area (Å²) in [5.41, 5.74) is 8.37. The first-order valence-corrected chi connectivity index (χ1v) is 10.8. The van der Waals surface area contributed by atoms with Gasteiger partial charge in [-0.25, -0.2) is 14.4 Å². The highest BCUT2D eigenvalue weighted by Crippen LogP contribution is 2.39. The molecule has 164 valence electrons. The van der Waals surface area contributed by atoms with E-state index < -0.39 is 0 Å². The molecule has 0 unspecified atom stereocenters. The highest BCUT2D eigenvalue weighted by Gasteiger charge is 2.27. The third-order valence-electron chi connectivity index (χ3n) is 6.28. The largest absolute Gasteiger partial charge is 0.481 e. The number of hydrogen-bond donors (Lipinski definition) is 1. The number of primary amides is 1. The minimum atomic E-state index is -0.308. The molecule has 1 atom stereocenters. The van der Waals surface area contributed by atoms with Crippen LogP contribution >= 0.6 is 0 Å². The number of ether oxygens (including phenoxy) is 2. The number of allylic oxidation sites excluding steroid dienone is 2. The Morgan fingerprint density at radius 1 is 1.23 bits per heavy atom. The van der Waals surface area contributed by atoms with E-state index in [1.54, 1.807) is 19.4 Å². The first kappa shape index (κ1) is 21.3. The van der Waals surface area contributed by atoms with E-state index in [0.29, 0.717) is 36.3 Å². The number of carbonyl (C=O) groups excluding carboxylic acids is 1. The average molecular weight is 426 g/mol. The van der Waals surface area contributed by atoms with Gasteiger partial charge < -0.3 is 15.2 Å². The standard InChI is InChI=1S/C24H28FN3O3/c1-30-23-12-20(21(25)13-28-23)17-4-2-15(3-5-17)14-31-24-10-18(8-9-27-24)19(11-22(26)29)16-6-7-16/h6,8-10,12-13,15,17,19H,2-5,7,11,14H2,1H3,(H2,26,29)/t15-,17-,19-/m0/s1. The van der Waals surface area contributed by atoms with Gasteiger partial charge in [0.15, 0.2) is 0 Å². The summed E-state index contributed by atoms with van der Waals surface area (Å²) in [5, 5.41) is 0. The lowest BCUT2D eigenvalue weighted by molar-refractivity contribution is -0.118. The smallest absolute Gasteiger partial charge is 0.218 e. The molecule has 0 aliphatic heterocycles. The SMILES string of the molecule is COc1cc([C@H]2CC[C@H](COc3cc([C@@H](CC(N)=O)C4=CC4)ccn3)CC2)c(F)cn1. The van der Waals surface area contributed by atoms with E-state index in [9.17, 15) is 9.18 Å². The van der Waals surface area contributed by atoms with Gasteiger partial charge in [0.2, 0.25) is 17.7 Å². The van der Waals surface area contributed by atoms with Crippen LogP contribution in [0, 0.1) is 11.7 Å². The van der Waals surface area contributed by atoms with Crippen LogP contribution in [0.15, 0.2) is 42.2 Å². The first-order valence-electron chi connectivity index (χ1n) is 10.8. The minimum absolute atomic E-state index is 0.0190. The summed E-state index contributed by atoms with van der Waals surface area (Å²) in [4.78, 5) is 19.7. The van der Waals surface area contributed by atoms with Gasteiger partial charge in [-0.15, -0.1) is 0 Å². The first-order chi connectivity index (χ1) is 15.0. The van der Waals surface area contributed by atoms with Crippen molar-refractivity contribution in [3.63, 3.8) is 0 Å². The predicted molar refractivity (Wildman–Crippen MR) is 114 cm³/mol. The molecule has 0 aromatic carbocycles. The molecule has 0 radical (unpaired) electrons. The van der Waals surface area contributed by atoms with Crippen molar-refractivity contribution in [3.05, 3.63) is 59.2 Å². The fourth-order valence-corrected chi connectivity index (χ4v) is 4.43. The van der Waals surface area contributed by atoms with Crippen LogP contribution in [0.4, 0.5) is 4.39 Å². The quantitative estimate of drug-likeness (QED) is 0.607. The van der Waals surface area contributed by atoms with Crippen LogP contribution in [0.2, 0.25) is 0 Å². The van der Waals surface area contributed by atoms with Gasteiger partial charge in [0.05, 0.1) is 19.9 Å². The summed E-state index contributed by atoms with van der Waals surface area (Å²) in [6.07, 6.45) is 10.1. The number of nitrogens with zero attached hydrogens (tertiary/aromatic N) is 2. The van der Waals surface area contributed by atoms with Crippen molar-refractivity contribution < 1.29 is 18.7 Å². The maximum Gasteiger partial charge on any atom is 0.218 e. The Morgan fingerprint density at radius 2 is 2.00 bits per heavy atom. The molecule has 0 bridgehead atoms. The number of carbonyl (C=O) groups is 1. The highest BCUT2D eigenvalue weighted by atomic mass is 19.1. The maximum absolute atomic E-state index is 14.2. The van der Waals surface area contributed by atoms with Crippen LogP contribution in [-0.4, -0.2) is 29.6 Å². The van der Waals surface area contributed by atoms with Gasteiger partial charge >= 0.3 is 0 Å². The van der Waals surface area contributed by atoms with Crippen molar-refractivity contribution in [1.29, 1.82) is 0 Å². The third-order valence-corrected chi connectivity index (χ3v) is 6.28. The monoisotopic (exact) mass is 425 g/mol. The molecule has 0 spiro atoms. The van der Waals surface area contributed by atoms with E-state index in [1.807, 2.05) is 12.1 Å². The summed E-state index contributed by atoms with van der Waals surface area (Å²) in [6.45, 7) is 0.578. The summed E-state index contributed by atoms with van der Waals surface area (Å²) in [5.74, 6) is 1.04. The van der Waals surface area contributed by atoms with Gasteiger partial charge in [-0.05, 0) is 61.1 Å². The lowest BCUT2D eigenvalue weighted by atomic mass is 9.79. The van der Waals surface area contributed by atoms with Crippen LogP contribution in [0.1, 0.15) is 61.5 Å². The van der Waals surface area contributed by atoms with Crippen molar-refractivity contribution in [2.75, 3.05) is 13.7 Å². The molecular weight excluding hydrogens is 397 g/mol. The molecule has 1 saturated carbocycles. The van der Waals surface area contributed by atoms with Crippen molar-refractivity contribution >= 4 is 5.91 Å². The van der Waals surface area contributed by atoms with E-state index in [2.05, 4.69) is 16.0 Å². The van der Waals surface area contributed by atoms with E-state index in [4.69, 9.17) is 15.2 Å². The van der Waals surface area contributed by atoms with Crippen LogP contribution in [0.3, 0.4) is 0 Å². The van der Waals surface area contributed by atoms with Gasteiger partial charge in [-0.2, -0.15) is 0 Å². The highest BCUT2D eigenvalue weighted by molar-refractivity contribution is 5.75. The van der Waals surface area contributed by atoms with Gasteiger partial charge in [0.25, 0.3) is 0 Å². The number of aromatic nitrogens is 2. The zero-order valence-corrected chi connectivity index (χ0v) is 17.7. The number of rotatable bonds is 9. The summed E-state index contributed by atoms with van der Waals surface area (Å²) < 4.78 is 25.3. The molecule has 2 aliphatic rings. The van der Waals surface area contributed by atoms with Crippen molar-refractivity contribution in [2.45, 2.75) is 50.4 Å². The normalized spacial score (nSPS) is 21.2. The molecule has 2 aliphatic carbocycles. The predicted octanol–water partition coefficient (Wildman–Crippen LogP) is 4.27. The molecule has 31 heavy (non-hydrogen) atoms. The number of nitrogens with two attached hydrogens (primary N) is 1. The fourth-order valence-electron chi connectivity index (χ4n) is 4.43. The maximum atomic E-state index is 14.2. The van der Waals surface area contributed by atoms with Crippen molar-refractivity contribution in [2.24, 2.45) is 11.7 Å². The van der Waals surface area contributed by atoms with Gasteiger partial charge in [0.1, 0.15) is 5.82 Å². The second kappa shape index (κ2) is 9.45. The Morgan fingerprint density at radius 3 is 2.68 bits per heavy atom. The Hall–Kier alpha value is -2.96. The molecule has 2 aromatic heterocycles. The number of pyridine rings is 2. The Bertz CT molecular complexity index is 970. The molecule has 7 heteroatoms. The van der Waals surface area contributed by atoms with Crippen LogP contribution < -0.4 is 15.2 Å². The fraction of sp³-hybridized carbons (Fsp3) is 0.458. The van der Waals surface area contributed by atoms with Crippen molar-refractivity contribution in [3.8, 4) is 11.8 Å². The Kier molecular flexibility index (Phi) is 6.49. The molecule has 1 amide bonds. The number of hydrogen-bond acceptors (Lipinski definition) is 5. The average Bonchev–Trinajstić information content (AvgIpc) is 3.62. The summed E-state index contributed by atoms with van der Waals surface area (Å²) in [6, 6.07) is 5.55. The number of methoxy groups -OCH3 is 1. The molecular formula is C24H28FN3O3. The lowest BCUT2D eigenvalue weighted by Crippen LogP contribution is -2.20. The Balaban J connectivity index is 1.32. The second-order valence-electron chi connectivity index (χ2n) is 8.41. The zero-order chi connectivity index (χ0) is 21.8. The molecule has 1 fully saturated rings.